The van der Waals surface area contributed by atoms with Crippen LogP contribution in [0.25, 0.3) is 5.65 Å². The molecule has 1 N–H and O–H groups in total. The summed E-state index contributed by atoms with van der Waals surface area (Å²) in [5.41, 5.74) is 1.85. The van der Waals surface area contributed by atoms with Gasteiger partial charge in [0.2, 0.25) is 0 Å². The number of nitrogens with one attached hydrogen (secondary N) is 1. The van der Waals surface area contributed by atoms with Crippen molar-refractivity contribution in [2.75, 3.05) is 5.32 Å². The quantitative estimate of drug-likeness (QED) is 0.791. The Labute approximate surface area is 131 Å². The van der Waals surface area contributed by atoms with Crippen molar-refractivity contribution in [2.24, 2.45) is 0 Å². The predicted octanol–water partition coefficient (Wildman–Crippen LogP) is 2.70. The third-order valence-corrected chi connectivity index (χ3v) is 3.53. The zero-order chi connectivity index (χ0) is 16.6. The van der Waals surface area contributed by atoms with Crippen LogP contribution < -0.4 is 10.9 Å². The molecule has 0 saturated carbocycles. The number of carbonyl (C=O) groups is 1. The number of aromatic nitrogens is 2. The van der Waals surface area contributed by atoms with E-state index in [0.717, 1.165) is 5.56 Å². The molecule has 0 radical (unpaired) electrons. The van der Waals surface area contributed by atoms with Crippen molar-refractivity contribution < 1.29 is 9.18 Å². The first-order chi connectivity index (χ1) is 11.0. The summed E-state index contributed by atoms with van der Waals surface area (Å²) in [6, 6.07) is 7.56. The fraction of sp³-hybridized carbons (Fsp3) is 0.118. The Balaban J connectivity index is 2.01. The molecule has 0 bridgehead atoms. The van der Waals surface area contributed by atoms with E-state index in [9.17, 15) is 14.0 Å². The molecule has 0 aliphatic heterocycles. The van der Waals surface area contributed by atoms with E-state index in [1.54, 1.807) is 19.2 Å². The van der Waals surface area contributed by atoms with Gasteiger partial charge in [0.25, 0.3) is 11.5 Å². The molecule has 1 aromatic carbocycles. The van der Waals surface area contributed by atoms with Crippen molar-refractivity contribution in [2.45, 2.75) is 13.8 Å². The van der Waals surface area contributed by atoms with Crippen molar-refractivity contribution >= 4 is 17.2 Å². The minimum atomic E-state index is -0.576. The molecule has 3 rings (SSSR count). The summed E-state index contributed by atoms with van der Waals surface area (Å²) < 4.78 is 14.4. The van der Waals surface area contributed by atoms with Gasteiger partial charge >= 0.3 is 0 Å². The lowest BCUT2D eigenvalue weighted by Crippen LogP contribution is -2.27. The molecule has 116 valence electrons. The van der Waals surface area contributed by atoms with Gasteiger partial charge in [0.05, 0.1) is 0 Å². The summed E-state index contributed by atoms with van der Waals surface area (Å²) in [4.78, 5) is 28.9. The number of carbonyl (C=O) groups excluding carboxylic acids is 1. The molecule has 0 spiro atoms. The average Bonchev–Trinajstić information content (AvgIpc) is 2.51. The van der Waals surface area contributed by atoms with Crippen LogP contribution in [-0.4, -0.2) is 15.3 Å². The lowest BCUT2D eigenvalue weighted by molar-refractivity contribution is 0.102. The Morgan fingerprint density at radius 2 is 2.00 bits per heavy atom. The molecule has 0 atom stereocenters. The van der Waals surface area contributed by atoms with Crippen molar-refractivity contribution in [3.63, 3.8) is 0 Å². The molecular weight excluding hydrogens is 297 g/mol. The summed E-state index contributed by atoms with van der Waals surface area (Å²) >= 11 is 0. The molecule has 23 heavy (non-hydrogen) atoms. The van der Waals surface area contributed by atoms with Gasteiger partial charge in [-0.2, -0.15) is 0 Å². The van der Waals surface area contributed by atoms with Crippen LogP contribution in [-0.2, 0) is 0 Å². The number of hydrogen-bond donors (Lipinski definition) is 1. The second-order valence-corrected chi connectivity index (χ2v) is 5.33. The van der Waals surface area contributed by atoms with Crippen LogP contribution in [0.1, 0.15) is 21.5 Å². The Morgan fingerprint density at radius 3 is 2.74 bits per heavy atom. The minimum absolute atomic E-state index is 0.0724. The number of hydrogen-bond acceptors (Lipinski definition) is 3. The highest BCUT2D eigenvalue weighted by atomic mass is 19.1. The number of fused-ring (bicyclic) bond motifs is 1. The van der Waals surface area contributed by atoms with E-state index >= 15 is 0 Å². The molecule has 6 heteroatoms. The van der Waals surface area contributed by atoms with Gasteiger partial charge in [-0.05, 0) is 49.2 Å². The number of amides is 1. The fourth-order valence-electron chi connectivity index (χ4n) is 2.30. The number of pyridine rings is 1. The number of aryl methyl sites for hydroxylation is 2. The number of anilines is 1. The third kappa shape index (κ3) is 2.83. The number of benzene rings is 1. The van der Waals surface area contributed by atoms with Crippen molar-refractivity contribution in [1.82, 2.24) is 9.38 Å². The van der Waals surface area contributed by atoms with Crippen molar-refractivity contribution in [3.8, 4) is 0 Å². The number of nitrogens with zero attached hydrogens (tertiary/aromatic N) is 2. The number of rotatable bonds is 2. The molecule has 3 aromatic rings. The van der Waals surface area contributed by atoms with Gasteiger partial charge in [0.15, 0.2) is 0 Å². The molecule has 1 amide bonds. The summed E-state index contributed by atoms with van der Waals surface area (Å²) in [5.74, 6) is -0.962. The monoisotopic (exact) mass is 311 g/mol. The van der Waals surface area contributed by atoms with Crippen molar-refractivity contribution in [1.29, 1.82) is 0 Å². The average molecular weight is 311 g/mol. The van der Waals surface area contributed by atoms with Gasteiger partial charge in [-0.25, -0.2) is 9.37 Å². The maximum atomic E-state index is 13.1. The molecule has 5 nitrogen and oxygen atoms in total. The van der Waals surface area contributed by atoms with Crippen LogP contribution in [0, 0.1) is 19.7 Å². The maximum absolute atomic E-state index is 13.1. The Bertz CT molecular complexity index is 979. The van der Waals surface area contributed by atoms with Gasteiger partial charge < -0.3 is 5.32 Å². The van der Waals surface area contributed by atoms with E-state index in [1.807, 2.05) is 13.0 Å². The lowest BCUT2D eigenvalue weighted by atomic mass is 10.2. The Morgan fingerprint density at radius 1 is 1.22 bits per heavy atom. The summed E-state index contributed by atoms with van der Waals surface area (Å²) in [6.07, 6.45) is 2.88. The summed E-state index contributed by atoms with van der Waals surface area (Å²) in [6.45, 7) is 3.52. The van der Waals surface area contributed by atoms with E-state index in [1.165, 1.54) is 28.8 Å². The van der Waals surface area contributed by atoms with E-state index in [-0.39, 0.29) is 11.4 Å². The fourth-order valence-corrected chi connectivity index (χ4v) is 2.30. The first-order valence-corrected chi connectivity index (χ1v) is 7.01. The molecule has 2 heterocycles. The number of halogens is 1. The van der Waals surface area contributed by atoms with Gasteiger partial charge in [-0.15, -0.1) is 0 Å². The smallest absolute Gasteiger partial charge is 0.270 e. The van der Waals surface area contributed by atoms with E-state index in [0.29, 0.717) is 16.9 Å². The van der Waals surface area contributed by atoms with E-state index in [4.69, 9.17) is 0 Å². The first-order valence-electron chi connectivity index (χ1n) is 7.01. The van der Waals surface area contributed by atoms with Gasteiger partial charge in [0, 0.05) is 18.1 Å². The Kier molecular flexibility index (Phi) is 3.65. The first kappa shape index (κ1) is 14.9. The second kappa shape index (κ2) is 5.64. The molecule has 0 fully saturated rings. The topological polar surface area (TPSA) is 63.5 Å². The van der Waals surface area contributed by atoms with Gasteiger partial charge in [0.1, 0.15) is 17.0 Å². The normalized spacial score (nSPS) is 10.7. The standard InChI is InChI=1S/C17H14FN3O2/c1-10-3-6-15-19-8-13(17(23)21(15)9-10)16(22)20-14-5-4-12(18)7-11(14)2/h3-9H,1-2H3,(H,20,22). The predicted molar refractivity (Wildman–Crippen MR) is 85.3 cm³/mol. The van der Waals surface area contributed by atoms with Gasteiger partial charge in [-0.1, -0.05) is 6.07 Å². The highest BCUT2D eigenvalue weighted by Gasteiger charge is 2.14. The molecule has 0 unspecified atom stereocenters. The minimum Gasteiger partial charge on any atom is -0.322 e. The van der Waals surface area contributed by atoms with Crippen LogP contribution in [0.4, 0.5) is 10.1 Å². The Hall–Kier alpha value is -3.02. The van der Waals surface area contributed by atoms with Crippen LogP contribution in [0.15, 0.2) is 47.5 Å². The van der Waals surface area contributed by atoms with Crippen molar-refractivity contribution in [3.05, 3.63) is 75.6 Å². The zero-order valence-corrected chi connectivity index (χ0v) is 12.6. The third-order valence-electron chi connectivity index (χ3n) is 3.53. The highest BCUT2D eigenvalue weighted by Crippen LogP contribution is 2.16. The molecular formula is C17H14FN3O2. The largest absolute Gasteiger partial charge is 0.322 e. The molecule has 0 saturated heterocycles. The highest BCUT2D eigenvalue weighted by molar-refractivity contribution is 6.04. The second-order valence-electron chi connectivity index (χ2n) is 5.33. The maximum Gasteiger partial charge on any atom is 0.270 e. The van der Waals surface area contributed by atoms with Crippen LogP contribution >= 0.6 is 0 Å². The molecule has 0 aliphatic rings. The molecule has 0 aliphatic carbocycles. The van der Waals surface area contributed by atoms with Crippen LogP contribution in [0.2, 0.25) is 0 Å². The van der Waals surface area contributed by atoms with Gasteiger partial charge in [-0.3, -0.25) is 14.0 Å². The zero-order valence-electron chi connectivity index (χ0n) is 12.6. The van der Waals surface area contributed by atoms with Crippen LogP contribution in [0.5, 0.6) is 0 Å². The van der Waals surface area contributed by atoms with Crippen LogP contribution in [0.3, 0.4) is 0 Å². The lowest BCUT2D eigenvalue weighted by Gasteiger charge is -2.09. The van der Waals surface area contributed by atoms with E-state index in [2.05, 4.69) is 10.3 Å². The summed E-state index contributed by atoms with van der Waals surface area (Å²) in [7, 11) is 0. The van der Waals surface area contributed by atoms with E-state index < -0.39 is 11.5 Å². The summed E-state index contributed by atoms with van der Waals surface area (Å²) in [5, 5.41) is 2.61. The molecule has 2 aromatic heterocycles. The SMILES string of the molecule is Cc1ccc2ncc(C(=O)Nc3ccc(F)cc3C)c(=O)n2c1.